The van der Waals surface area contributed by atoms with Crippen molar-refractivity contribution in [3.8, 4) is 10.7 Å². The zero-order valence-corrected chi connectivity index (χ0v) is 15.0. The van der Waals surface area contributed by atoms with E-state index in [1.165, 1.54) is 0 Å². The van der Waals surface area contributed by atoms with E-state index in [0.29, 0.717) is 5.75 Å². The molecule has 4 rings (SSSR count). The van der Waals surface area contributed by atoms with E-state index in [1.807, 2.05) is 19.1 Å². The number of thiophene rings is 1. The predicted molar refractivity (Wildman–Crippen MR) is 93.1 cm³/mol. The number of aryl methyl sites for hydroxylation is 1. The van der Waals surface area contributed by atoms with Gasteiger partial charge in [0.25, 0.3) is 0 Å². The molecule has 0 N–H and O–H groups in total. The number of rotatable bonds is 6. The molecule has 0 spiro atoms. The van der Waals surface area contributed by atoms with Gasteiger partial charge in [-0.05, 0) is 31.2 Å². The molecule has 1 unspecified atom stereocenters. The highest BCUT2D eigenvalue weighted by Gasteiger charge is 2.22. The molecule has 126 valence electrons. The Morgan fingerprint density at radius 2 is 2.38 bits per heavy atom. The van der Waals surface area contributed by atoms with Gasteiger partial charge in [0.05, 0.1) is 29.0 Å². The summed E-state index contributed by atoms with van der Waals surface area (Å²) in [6.07, 6.45) is 2.46. The minimum absolute atomic E-state index is 0.242. The van der Waals surface area contributed by atoms with E-state index in [2.05, 4.69) is 31.4 Å². The molecule has 1 aliphatic heterocycles. The summed E-state index contributed by atoms with van der Waals surface area (Å²) in [7, 11) is 0. The van der Waals surface area contributed by atoms with Crippen LogP contribution in [0.1, 0.15) is 24.3 Å². The molecule has 1 fully saturated rings. The molecule has 0 aliphatic carbocycles. The molecule has 6 nitrogen and oxygen atoms in total. The van der Waals surface area contributed by atoms with Crippen molar-refractivity contribution in [1.29, 1.82) is 0 Å². The second kappa shape index (κ2) is 7.08. The van der Waals surface area contributed by atoms with Gasteiger partial charge in [0, 0.05) is 12.7 Å². The smallest absolute Gasteiger partial charge is 0.192 e. The summed E-state index contributed by atoms with van der Waals surface area (Å²) in [6.45, 7) is 3.56. The van der Waals surface area contributed by atoms with Crippen LogP contribution in [-0.2, 0) is 17.0 Å². The molecule has 1 aliphatic rings. The number of aromatic nitrogens is 4. The lowest BCUT2D eigenvalue weighted by Crippen LogP contribution is -2.16. The Balaban J connectivity index is 1.57. The first-order chi connectivity index (χ1) is 11.8. The van der Waals surface area contributed by atoms with Gasteiger partial charge in [-0.2, -0.15) is 0 Å². The molecular weight excluding hydrogens is 344 g/mol. The summed E-state index contributed by atoms with van der Waals surface area (Å²) in [5, 5.41) is 15.7. The first-order valence-corrected chi connectivity index (χ1v) is 9.80. The molecule has 8 heteroatoms. The SMILES string of the molecule is Cc1cc(CSc2nnc(-c3cccs3)n2CC2CCCO2)on1. The van der Waals surface area contributed by atoms with Crippen molar-refractivity contribution in [3.63, 3.8) is 0 Å². The first-order valence-electron chi connectivity index (χ1n) is 7.93. The highest BCUT2D eigenvalue weighted by Crippen LogP contribution is 2.30. The number of hydrogen-bond acceptors (Lipinski definition) is 7. The van der Waals surface area contributed by atoms with Crippen molar-refractivity contribution in [2.24, 2.45) is 0 Å². The summed E-state index contributed by atoms with van der Waals surface area (Å²) < 4.78 is 13.3. The summed E-state index contributed by atoms with van der Waals surface area (Å²) in [5.41, 5.74) is 0.894. The third-order valence-corrected chi connectivity index (χ3v) is 5.74. The standard InChI is InChI=1S/C16H18N4O2S2/c1-11-8-13(22-19-11)10-24-16-18-17-15(14-5-3-7-23-14)20(16)9-12-4-2-6-21-12/h3,5,7-8,12H,2,4,6,9-10H2,1H3. The fraction of sp³-hybridized carbons (Fsp3) is 0.438. The summed E-state index contributed by atoms with van der Waals surface area (Å²) in [4.78, 5) is 1.13. The van der Waals surface area contributed by atoms with Crippen LogP contribution in [0, 0.1) is 6.92 Å². The van der Waals surface area contributed by atoms with E-state index in [0.717, 1.165) is 53.3 Å². The Morgan fingerprint density at radius 1 is 1.42 bits per heavy atom. The van der Waals surface area contributed by atoms with E-state index < -0.39 is 0 Å². The van der Waals surface area contributed by atoms with Crippen LogP contribution in [0.4, 0.5) is 0 Å². The number of ether oxygens (including phenoxy) is 1. The Bertz CT molecular complexity index is 791. The molecule has 0 amide bonds. The minimum Gasteiger partial charge on any atom is -0.376 e. The molecule has 3 aromatic heterocycles. The van der Waals surface area contributed by atoms with E-state index in [4.69, 9.17) is 9.26 Å². The molecule has 1 saturated heterocycles. The summed E-state index contributed by atoms with van der Waals surface area (Å²) in [5.74, 6) is 2.45. The fourth-order valence-corrected chi connectivity index (χ4v) is 4.30. The van der Waals surface area contributed by atoms with Crippen molar-refractivity contribution in [2.45, 2.75) is 43.3 Å². The normalized spacial score (nSPS) is 17.6. The maximum Gasteiger partial charge on any atom is 0.192 e. The number of nitrogens with zero attached hydrogens (tertiary/aromatic N) is 4. The van der Waals surface area contributed by atoms with Crippen LogP contribution in [0.5, 0.6) is 0 Å². The molecule has 3 aromatic rings. The first kappa shape index (κ1) is 15.9. The number of hydrogen-bond donors (Lipinski definition) is 0. The molecule has 1 atom stereocenters. The van der Waals surface area contributed by atoms with Crippen LogP contribution >= 0.6 is 23.1 Å². The molecule has 4 heterocycles. The zero-order valence-electron chi connectivity index (χ0n) is 13.3. The van der Waals surface area contributed by atoms with E-state index in [-0.39, 0.29) is 6.10 Å². The average Bonchev–Trinajstić information content (AvgIpc) is 3.34. The Morgan fingerprint density at radius 3 is 3.08 bits per heavy atom. The van der Waals surface area contributed by atoms with E-state index in [1.54, 1.807) is 23.1 Å². The maximum atomic E-state index is 5.81. The second-order valence-corrected chi connectivity index (χ2v) is 7.64. The van der Waals surface area contributed by atoms with Gasteiger partial charge in [-0.15, -0.1) is 21.5 Å². The lowest BCUT2D eigenvalue weighted by molar-refractivity contribution is 0.0953. The van der Waals surface area contributed by atoms with Gasteiger partial charge >= 0.3 is 0 Å². The van der Waals surface area contributed by atoms with Gasteiger partial charge in [0.2, 0.25) is 0 Å². The average molecular weight is 362 g/mol. The quantitative estimate of drug-likeness (QED) is 0.622. The topological polar surface area (TPSA) is 66.0 Å². The van der Waals surface area contributed by atoms with E-state index >= 15 is 0 Å². The van der Waals surface area contributed by atoms with Gasteiger partial charge in [-0.1, -0.05) is 23.0 Å². The van der Waals surface area contributed by atoms with Crippen molar-refractivity contribution in [2.75, 3.05) is 6.61 Å². The molecule has 0 bridgehead atoms. The highest BCUT2D eigenvalue weighted by molar-refractivity contribution is 7.98. The van der Waals surface area contributed by atoms with Crippen molar-refractivity contribution < 1.29 is 9.26 Å². The Kier molecular flexibility index (Phi) is 4.68. The molecular formula is C16H18N4O2S2. The van der Waals surface area contributed by atoms with Crippen LogP contribution in [-0.4, -0.2) is 32.6 Å². The predicted octanol–water partition coefficient (Wildman–Crippen LogP) is 3.77. The van der Waals surface area contributed by atoms with Gasteiger partial charge in [-0.25, -0.2) is 0 Å². The monoisotopic (exact) mass is 362 g/mol. The third kappa shape index (κ3) is 3.40. The van der Waals surface area contributed by atoms with Gasteiger partial charge in [-0.3, -0.25) is 4.57 Å². The number of thioether (sulfide) groups is 1. The highest BCUT2D eigenvalue weighted by atomic mass is 32.2. The summed E-state index contributed by atoms with van der Waals surface area (Å²) >= 11 is 3.30. The second-order valence-electron chi connectivity index (χ2n) is 5.75. The lowest BCUT2D eigenvalue weighted by atomic mass is 10.2. The van der Waals surface area contributed by atoms with Gasteiger partial charge in [0.15, 0.2) is 11.0 Å². The lowest BCUT2D eigenvalue weighted by Gasteiger charge is -2.13. The molecule has 0 aromatic carbocycles. The van der Waals surface area contributed by atoms with Crippen molar-refractivity contribution in [3.05, 3.63) is 35.0 Å². The largest absolute Gasteiger partial charge is 0.376 e. The Hall–Kier alpha value is -1.64. The van der Waals surface area contributed by atoms with Crippen LogP contribution < -0.4 is 0 Å². The van der Waals surface area contributed by atoms with Gasteiger partial charge in [0.1, 0.15) is 5.76 Å². The molecule has 24 heavy (non-hydrogen) atoms. The van der Waals surface area contributed by atoms with Crippen molar-refractivity contribution in [1.82, 2.24) is 19.9 Å². The molecule has 0 radical (unpaired) electrons. The van der Waals surface area contributed by atoms with Crippen LogP contribution in [0.15, 0.2) is 33.3 Å². The van der Waals surface area contributed by atoms with Crippen LogP contribution in [0.25, 0.3) is 10.7 Å². The third-order valence-electron chi connectivity index (χ3n) is 3.89. The van der Waals surface area contributed by atoms with Gasteiger partial charge < -0.3 is 9.26 Å². The zero-order chi connectivity index (χ0) is 16.4. The minimum atomic E-state index is 0.242. The maximum absolute atomic E-state index is 5.81. The summed E-state index contributed by atoms with van der Waals surface area (Å²) in [6, 6.07) is 6.07. The Labute approximate surface area is 148 Å². The van der Waals surface area contributed by atoms with Crippen molar-refractivity contribution >= 4 is 23.1 Å². The van der Waals surface area contributed by atoms with E-state index in [9.17, 15) is 0 Å². The molecule has 0 saturated carbocycles. The van der Waals surface area contributed by atoms with Crippen LogP contribution in [0.2, 0.25) is 0 Å². The fourth-order valence-electron chi connectivity index (χ4n) is 2.76. The van der Waals surface area contributed by atoms with Crippen LogP contribution in [0.3, 0.4) is 0 Å².